The third-order valence-electron chi connectivity index (χ3n) is 1.39. The smallest absolute Gasteiger partial charge is 0.139 e. The monoisotopic (exact) mass is 222 g/mol. The maximum Gasteiger partial charge on any atom is 0.139 e. The van der Waals surface area contributed by atoms with Crippen LogP contribution >= 0.6 is 23.1 Å². The summed E-state index contributed by atoms with van der Waals surface area (Å²) in [6, 6.07) is 0. The number of nitrogens with zero attached hydrogens (tertiary/aromatic N) is 2. The molecule has 0 radical (unpaired) electrons. The van der Waals surface area contributed by atoms with Gasteiger partial charge in [0.25, 0.3) is 0 Å². The minimum absolute atomic E-state index is 0.430. The first-order valence-corrected chi connectivity index (χ1v) is 5.03. The molecule has 0 bridgehead atoms. The van der Waals surface area contributed by atoms with E-state index in [1.54, 1.807) is 7.11 Å². The number of hydrogen-bond donors (Lipinski definition) is 0. The van der Waals surface area contributed by atoms with Crippen LogP contribution in [0.1, 0.15) is 12.1 Å². The maximum atomic E-state index is 5.77. The molecule has 0 fully saturated rings. The predicted molar refractivity (Wildman–Crippen MR) is 51.1 cm³/mol. The first-order chi connectivity index (χ1) is 6.34. The van der Waals surface area contributed by atoms with Crippen molar-refractivity contribution in [3.05, 3.63) is 10.0 Å². The van der Waals surface area contributed by atoms with Crippen molar-refractivity contribution in [3.8, 4) is 0 Å². The summed E-state index contributed by atoms with van der Waals surface area (Å²) < 4.78 is 14.5. The second kappa shape index (κ2) is 6.26. The Balaban J connectivity index is 2.10. The highest BCUT2D eigenvalue weighted by atomic mass is 35.5. The summed E-state index contributed by atoms with van der Waals surface area (Å²) in [7, 11) is 1.67. The topological polar surface area (TPSA) is 44.2 Å². The highest BCUT2D eigenvalue weighted by Gasteiger charge is 2.04. The Morgan fingerprint density at radius 1 is 1.46 bits per heavy atom. The Kier molecular flexibility index (Phi) is 5.22. The van der Waals surface area contributed by atoms with E-state index in [2.05, 4.69) is 9.59 Å². The Morgan fingerprint density at radius 2 is 2.31 bits per heavy atom. The van der Waals surface area contributed by atoms with Gasteiger partial charge in [0.1, 0.15) is 10.0 Å². The van der Waals surface area contributed by atoms with Gasteiger partial charge in [0.2, 0.25) is 0 Å². The molecule has 0 aliphatic rings. The van der Waals surface area contributed by atoms with Crippen LogP contribution in [0.2, 0.25) is 4.34 Å². The van der Waals surface area contributed by atoms with Crippen LogP contribution in [-0.4, -0.2) is 29.9 Å². The fraction of sp³-hybridized carbons (Fsp3) is 0.714. The maximum absolute atomic E-state index is 5.77. The second-order valence-electron chi connectivity index (χ2n) is 2.39. The molecule has 0 spiro atoms. The average molecular weight is 223 g/mol. The molecule has 74 valence electrons. The third kappa shape index (κ3) is 3.99. The van der Waals surface area contributed by atoms with E-state index in [0.717, 1.165) is 6.42 Å². The normalized spacial score (nSPS) is 10.6. The van der Waals surface area contributed by atoms with Crippen molar-refractivity contribution in [1.29, 1.82) is 0 Å². The zero-order chi connectivity index (χ0) is 9.52. The zero-order valence-corrected chi connectivity index (χ0v) is 8.90. The minimum atomic E-state index is 0.430. The quantitative estimate of drug-likeness (QED) is 0.688. The largest absolute Gasteiger partial charge is 0.385 e. The second-order valence-corrected chi connectivity index (χ2v) is 3.75. The third-order valence-corrected chi connectivity index (χ3v) is 2.37. The Bertz CT molecular complexity index is 244. The van der Waals surface area contributed by atoms with Crippen molar-refractivity contribution >= 4 is 23.1 Å². The molecule has 0 unspecified atom stereocenters. The van der Waals surface area contributed by atoms with Gasteiger partial charge in [0.05, 0.1) is 6.61 Å². The highest BCUT2D eigenvalue weighted by Crippen LogP contribution is 2.17. The molecule has 0 atom stereocenters. The molecule has 1 rings (SSSR count). The molecule has 0 saturated heterocycles. The highest BCUT2D eigenvalue weighted by molar-refractivity contribution is 7.10. The fourth-order valence-corrected chi connectivity index (χ4v) is 1.36. The van der Waals surface area contributed by atoms with E-state index >= 15 is 0 Å². The van der Waals surface area contributed by atoms with Gasteiger partial charge >= 0.3 is 0 Å². The van der Waals surface area contributed by atoms with E-state index in [4.69, 9.17) is 21.1 Å². The molecule has 1 aromatic rings. The standard InChI is InChI=1S/C7H11ClN2O2S/c1-11-3-2-4-12-5-6-7(8)13-10-9-6/h2-5H2,1H3. The fourth-order valence-electron chi connectivity index (χ4n) is 0.757. The van der Waals surface area contributed by atoms with Crippen LogP contribution in [0.4, 0.5) is 0 Å². The van der Waals surface area contributed by atoms with E-state index < -0.39 is 0 Å². The molecule has 1 heterocycles. The first-order valence-electron chi connectivity index (χ1n) is 3.88. The molecule has 0 saturated carbocycles. The van der Waals surface area contributed by atoms with Crippen molar-refractivity contribution in [1.82, 2.24) is 9.59 Å². The summed E-state index contributed by atoms with van der Waals surface area (Å²) in [6.07, 6.45) is 0.881. The summed E-state index contributed by atoms with van der Waals surface area (Å²) in [5, 5.41) is 3.81. The minimum Gasteiger partial charge on any atom is -0.385 e. The number of ether oxygens (including phenoxy) is 2. The number of aromatic nitrogens is 2. The molecule has 4 nitrogen and oxygen atoms in total. The molecule has 13 heavy (non-hydrogen) atoms. The van der Waals surface area contributed by atoms with Crippen LogP contribution in [0.5, 0.6) is 0 Å². The zero-order valence-electron chi connectivity index (χ0n) is 7.33. The SMILES string of the molecule is COCCCOCc1nnsc1Cl. The van der Waals surface area contributed by atoms with Gasteiger partial charge in [0, 0.05) is 31.9 Å². The van der Waals surface area contributed by atoms with E-state index in [-0.39, 0.29) is 0 Å². The Hall–Kier alpha value is -0.230. The van der Waals surface area contributed by atoms with Crippen LogP contribution in [0, 0.1) is 0 Å². The van der Waals surface area contributed by atoms with Crippen LogP contribution < -0.4 is 0 Å². The molecule has 0 N–H and O–H groups in total. The van der Waals surface area contributed by atoms with Gasteiger partial charge in [-0.05, 0) is 6.42 Å². The molecular formula is C7H11ClN2O2S. The summed E-state index contributed by atoms with van der Waals surface area (Å²) in [4.78, 5) is 0. The number of hydrogen-bond acceptors (Lipinski definition) is 5. The van der Waals surface area contributed by atoms with Crippen molar-refractivity contribution in [2.75, 3.05) is 20.3 Å². The molecule has 0 aromatic carbocycles. The molecule has 0 aliphatic carbocycles. The van der Waals surface area contributed by atoms with Gasteiger partial charge in [-0.2, -0.15) is 0 Å². The van der Waals surface area contributed by atoms with Crippen molar-refractivity contribution in [3.63, 3.8) is 0 Å². The Morgan fingerprint density at radius 3 is 2.92 bits per heavy atom. The summed E-state index contributed by atoms with van der Waals surface area (Å²) >= 11 is 6.94. The van der Waals surface area contributed by atoms with Gasteiger partial charge in [-0.3, -0.25) is 0 Å². The lowest BCUT2D eigenvalue weighted by atomic mass is 10.5. The lowest BCUT2D eigenvalue weighted by Crippen LogP contribution is -1.99. The molecule has 6 heteroatoms. The molecular weight excluding hydrogens is 212 g/mol. The number of methoxy groups -OCH3 is 1. The average Bonchev–Trinajstić information content (AvgIpc) is 2.52. The Labute approximate surface area is 86.0 Å². The molecule has 0 amide bonds. The van der Waals surface area contributed by atoms with E-state index in [9.17, 15) is 0 Å². The van der Waals surface area contributed by atoms with E-state index in [1.807, 2.05) is 0 Å². The summed E-state index contributed by atoms with van der Waals surface area (Å²) in [6.45, 7) is 1.80. The predicted octanol–water partition coefficient (Wildman–Crippen LogP) is 1.74. The van der Waals surface area contributed by atoms with Crippen LogP contribution in [0.3, 0.4) is 0 Å². The van der Waals surface area contributed by atoms with Crippen molar-refractivity contribution in [2.45, 2.75) is 13.0 Å². The summed E-state index contributed by atoms with van der Waals surface area (Å²) in [5.41, 5.74) is 0.712. The van der Waals surface area contributed by atoms with Gasteiger partial charge < -0.3 is 9.47 Å². The molecule has 1 aromatic heterocycles. The van der Waals surface area contributed by atoms with E-state index in [0.29, 0.717) is 29.9 Å². The van der Waals surface area contributed by atoms with Gasteiger partial charge in [-0.1, -0.05) is 16.1 Å². The first kappa shape index (κ1) is 10.8. The van der Waals surface area contributed by atoms with Gasteiger partial charge in [0.15, 0.2) is 0 Å². The van der Waals surface area contributed by atoms with E-state index in [1.165, 1.54) is 11.5 Å². The van der Waals surface area contributed by atoms with Gasteiger partial charge in [-0.15, -0.1) is 5.10 Å². The van der Waals surface area contributed by atoms with Gasteiger partial charge in [-0.25, -0.2) is 0 Å². The van der Waals surface area contributed by atoms with Crippen LogP contribution in [0.15, 0.2) is 0 Å². The molecule has 0 aliphatic heterocycles. The lowest BCUT2D eigenvalue weighted by Gasteiger charge is -2.00. The lowest BCUT2D eigenvalue weighted by molar-refractivity contribution is 0.0911. The van der Waals surface area contributed by atoms with Crippen molar-refractivity contribution < 1.29 is 9.47 Å². The van der Waals surface area contributed by atoms with Crippen molar-refractivity contribution in [2.24, 2.45) is 0 Å². The van der Waals surface area contributed by atoms with Crippen LogP contribution in [-0.2, 0) is 16.1 Å². The number of halogens is 1. The van der Waals surface area contributed by atoms with Crippen LogP contribution in [0.25, 0.3) is 0 Å². The summed E-state index contributed by atoms with van der Waals surface area (Å²) in [5.74, 6) is 0. The number of rotatable bonds is 6.